The van der Waals surface area contributed by atoms with Gasteiger partial charge in [-0.3, -0.25) is 4.72 Å². The molecule has 1 aromatic heterocycles. The molecule has 1 N–H and O–H groups in total. The Morgan fingerprint density at radius 3 is 2.33 bits per heavy atom. The molecule has 68 valence electrons. The summed E-state index contributed by atoms with van der Waals surface area (Å²) < 4.78 is 24.1. The number of nitrogens with zero attached hydrogens (tertiary/aromatic N) is 1. The van der Waals surface area contributed by atoms with Crippen molar-refractivity contribution in [3.8, 4) is 0 Å². The smallest absolute Gasteiger partial charge is 0.230 e. The minimum Gasteiger partial charge on any atom is -0.273 e. The van der Waals surface area contributed by atoms with E-state index >= 15 is 0 Å². The van der Waals surface area contributed by atoms with Gasteiger partial charge in [-0.1, -0.05) is 0 Å². The maximum absolute atomic E-state index is 10.8. The second-order valence-electron chi connectivity index (χ2n) is 2.52. The van der Waals surface area contributed by atoms with Crippen LogP contribution in [0.25, 0.3) is 0 Å². The molecule has 1 rings (SSSR count). The van der Waals surface area contributed by atoms with E-state index in [0.29, 0.717) is 5.00 Å². The molecule has 0 radical (unpaired) electrons. The van der Waals surface area contributed by atoms with Crippen molar-refractivity contribution in [1.82, 2.24) is 4.98 Å². The third-order valence-electron chi connectivity index (χ3n) is 1.18. The number of nitrogens with one attached hydrogen (secondary N) is 1. The summed E-state index contributed by atoms with van der Waals surface area (Å²) in [7, 11) is -3.17. The van der Waals surface area contributed by atoms with E-state index in [2.05, 4.69) is 9.71 Å². The number of aromatic nitrogens is 1. The number of hydrogen-bond acceptors (Lipinski definition) is 4. The second-order valence-corrected chi connectivity index (χ2v) is 5.47. The molecule has 12 heavy (non-hydrogen) atoms. The monoisotopic (exact) mass is 206 g/mol. The average Bonchev–Trinajstić information content (AvgIpc) is 2.06. The van der Waals surface area contributed by atoms with Crippen LogP contribution in [0.5, 0.6) is 0 Å². The van der Waals surface area contributed by atoms with Gasteiger partial charge in [-0.05, 0) is 13.8 Å². The Labute approximate surface area is 75.7 Å². The average molecular weight is 206 g/mol. The molecular weight excluding hydrogens is 196 g/mol. The number of aryl methyl sites for hydroxylation is 2. The summed E-state index contributed by atoms with van der Waals surface area (Å²) in [5, 5.41) is 1.47. The number of anilines is 1. The summed E-state index contributed by atoms with van der Waals surface area (Å²) in [5.41, 5.74) is 0.725. The fourth-order valence-corrected chi connectivity index (χ4v) is 2.57. The lowest BCUT2D eigenvalue weighted by Crippen LogP contribution is -2.08. The van der Waals surface area contributed by atoms with Crippen LogP contribution >= 0.6 is 11.3 Å². The molecule has 0 fully saturated rings. The van der Waals surface area contributed by atoms with E-state index in [9.17, 15) is 8.42 Å². The van der Waals surface area contributed by atoms with Crippen LogP contribution < -0.4 is 4.72 Å². The predicted octanol–water partition coefficient (Wildman–Crippen LogP) is 1.13. The zero-order valence-electron chi connectivity index (χ0n) is 7.08. The van der Waals surface area contributed by atoms with E-state index in [-0.39, 0.29) is 0 Å². The fourth-order valence-electron chi connectivity index (χ4n) is 0.794. The van der Waals surface area contributed by atoms with Crippen LogP contribution in [0.15, 0.2) is 0 Å². The highest BCUT2D eigenvalue weighted by molar-refractivity contribution is 7.92. The summed E-state index contributed by atoms with van der Waals surface area (Å²) in [4.78, 5) is 4.09. The number of sulfonamides is 1. The molecule has 0 spiro atoms. The quantitative estimate of drug-likeness (QED) is 0.789. The molecule has 0 unspecified atom stereocenters. The summed E-state index contributed by atoms with van der Waals surface area (Å²) in [6.45, 7) is 3.61. The standard InChI is InChI=1S/C6H10N2O2S2/c1-4-6(8-12(3,9)10)11-5(2)7-4/h8H,1-3H3. The van der Waals surface area contributed by atoms with Crippen molar-refractivity contribution in [2.75, 3.05) is 11.0 Å². The highest BCUT2D eigenvalue weighted by Crippen LogP contribution is 2.23. The highest BCUT2D eigenvalue weighted by Gasteiger charge is 2.08. The normalized spacial score (nSPS) is 11.6. The van der Waals surface area contributed by atoms with Crippen molar-refractivity contribution in [2.45, 2.75) is 13.8 Å². The van der Waals surface area contributed by atoms with Gasteiger partial charge in [-0.2, -0.15) is 0 Å². The van der Waals surface area contributed by atoms with E-state index in [1.165, 1.54) is 11.3 Å². The van der Waals surface area contributed by atoms with Crippen LogP contribution in [0.3, 0.4) is 0 Å². The largest absolute Gasteiger partial charge is 0.273 e. The Balaban J connectivity index is 2.97. The molecule has 0 aliphatic rings. The van der Waals surface area contributed by atoms with Gasteiger partial charge in [0, 0.05) is 0 Å². The van der Waals surface area contributed by atoms with E-state index in [1.807, 2.05) is 6.92 Å². The summed E-state index contributed by atoms with van der Waals surface area (Å²) in [6.07, 6.45) is 1.13. The Hall–Kier alpha value is -0.620. The van der Waals surface area contributed by atoms with E-state index in [0.717, 1.165) is 17.0 Å². The summed E-state index contributed by atoms with van der Waals surface area (Å²) in [6, 6.07) is 0. The first-order valence-corrected chi connectivity index (χ1v) is 6.01. The molecule has 4 nitrogen and oxygen atoms in total. The number of rotatable bonds is 2. The third kappa shape index (κ3) is 2.46. The lowest BCUT2D eigenvalue weighted by molar-refractivity contribution is 0.607. The lowest BCUT2D eigenvalue weighted by Gasteiger charge is -1.98. The molecule has 0 aliphatic carbocycles. The van der Waals surface area contributed by atoms with Gasteiger partial charge < -0.3 is 0 Å². The highest BCUT2D eigenvalue weighted by atomic mass is 32.2. The van der Waals surface area contributed by atoms with Crippen molar-refractivity contribution >= 4 is 26.4 Å². The van der Waals surface area contributed by atoms with Crippen LogP contribution in [-0.4, -0.2) is 19.7 Å². The third-order valence-corrected chi connectivity index (χ3v) is 2.87. The van der Waals surface area contributed by atoms with Gasteiger partial charge in [-0.25, -0.2) is 13.4 Å². The molecule has 1 aromatic rings. The maximum atomic E-state index is 10.8. The van der Waals surface area contributed by atoms with Gasteiger partial charge in [0.25, 0.3) is 0 Å². The van der Waals surface area contributed by atoms with Gasteiger partial charge in [0.2, 0.25) is 10.0 Å². The Morgan fingerprint density at radius 1 is 1.42 bits per heavy atom. The first kappa shape index (κ1) is 9.47. The van der Waals surface area contributed by atoms with Gasteiger partial charge in [0.05, 0.1) is 17.0 Å². The molecule has 0 atom stereocenters. The Bertz CT molecular complexity index is 380. The first-order chi connectivity index (χ1) is 5.38. The lowest BCUT2D eigenvalue weighted by atomic mass is 10.5. The molecule has 0 saturated carbocycles. The SMILES string of the molecule is Cc1nc(C)c(NS(C)(=O)=O)s1. The molecule has 6 heteroatoms. The molecule has 1 heterocycles. The van der Waals surface area contributed by atoms with Crippen molar-refractivity contribution < 1.29 is 8.42 Å². The summed E-state index contributed by atoms with van der Waals surface area (Å²) >= 11 is 1.34. The van der Waals surface area contributed by atoms with Crippen LogP contribution in [0.1, 0.15) is 10.7 Å². The van der Waals surface area contributed by atoms with Crippen LogP contribution in [-0.2, 0) is 10.0 Å². The van der Waals surface area contributed by atoms with E-state index < -0.39 is 10.0 Å². The van der Waals surface area contributed by atoms with E-state index in [4.69, 9.17) is 0 Å². The maximum Gasteiger partial charge on any atom is 0.230 e. The number of thiazole rings is 1. The predicted molar refractivity (Wildman–Crippen MR) is 50.1 cm³/mol. The zero-order valence-corrected chi connectivity index (χ0v) is 8.71. The topological polar surface area (TPSA) is 59.1 Å². The minimum absolute atomic E-state index is 0.606. The van der Waals surface area contributed by atoms with Crippen molar-refractivity contribution in [1.29, 1.82) is 0 Å². The molecule has 0 amide bonds. The Kier molecular flexibility index (Phi) is 2.39. The fraction of sp³-hybridized carbons (Fsp3) is 0.500. The van der Waals surface area contributed by atoms with Gasteiger partial charge >= 0.3 is 0 Å². The Morgan fingerprint density at radius 2 is 2.00 bits per heavy atom. The number of hydrogen-bond donors (Lipinski definition) is 1. The van der Waals surface area contributed by atoms with Crippen LogP contribution in [0.2, 0.25) is 0 Å². The molecule has 0 bridgehead atoms. The first-order valence-electron chi connectivity index (χ1n) is 3.30. The van der Waals surface area contributed by atoms with Gasteiger partial charge in [0.1, 0.15) is 5.00 Å². The molecule has 0 aliphatic heterocycles. The van der Waals surface area contributed by atoms with Crippen LogP contribution in [0, 0.1) is 13.8 Å². The van der Waals surface area contributed by atoms with Crippen molar-refractivity contribution in [3.63, 3.8) is 0 Å². The van der Waals surface area contributed by atoms with Crippen molar-refractivity contribution in [3.05, 3.63) is 10.7 Å². The second kappa shape index (κ2) is 3.02. The minimum atomic E-state index is -3.17. The van der Waals surface area contributed by atoms with Gasteiger partial charge in [0.15, 0.2) is 0 Å². The van der Waals surface area contributed by atoms with E-state index in [1.54, 1.807) is 6.92 Å². The molecule has 0 saturated heterocycles. The summed E-state index contributed by atoms with van der Waals surface area (Å²) in [5.74, 6) is 0. The molecular formula is C6H10N2O2S2. The van der Waals surface area contributed by atoms with Gasteiger partial charge in [-0.15, -0.1) is 11.3 Å². The van der Waals surface area contributed by atoms with Crippen molar-refractivity contribution in [2.24, 2.45) is 0 Å². The molecule has 0 aromatic carbocycles. The zero-order chi connectivity index (χ0) is 9.35. The van der Waals surface area contributed by atoms with Crippen LogP contribution in [0.4, 0.5) is 5.00 Å².